The molecular weight excluding hydrogens is 334 g/mol. The summed E-state index contributed by atoms with van der Waals surface area (Å²) in [5.74, 6) is 0. The minimum Gasteiger partial charge on any atom is -0.260 e. The zero-order chi connectivity index (χ0) is 18.6. The molecule has 0 bridgehead atoms. The van der Waals surface area contributed by atoms with Crippen molar-refractivity contribution in [2.75, 3.05) is 6.54 Å². The number of rotatable bonds is 6. The molecule has 0 radical (unpaired) electrons. The average Bonchev–Trinajstić information content (AvgIpc) is 2.57. The summed E-state index contributed by atoms with van der Waals surface area (Å²) in [6.45, 7) is 7.78. The van der Waals surface area contributed by atoms with E-state index in [9.17, 15) is 8.42 Å². The van der Waals surface area contributed by atoms with Crippen LogP contribution >= 0.6 is 0 Å². The highest BCUT2D eigenvalue weighted by molar-refractivity contribution is 7.89. The topological polar surface area (TPSA) is 74.1 Å². The Morgan fingerprint density at radius 3 is 2.28 bits per heavy atom. The van der Waals surface area contributed by atoms with Crippen molar-refractivity contribution < 1.29 is 8.42 Å². The standard InChI is InChI=1S/C19H23N3O2S/c1-14-12-15(2)17(4)19(16(14)3)25(23,24)22(11-7-9-20)13-18-8-5-6-10-21-18/h5-6,8,10,12H,7,11,13H2,1-4H3. The fourth-order valence-electron chi connectivity index (χ4n) is 2.83. The van der Waals surface area contributed by atoms with Gasteiger partial charge in [0.1, 0.15) is 0 Å². The summed E-state index contributed by atoms with van der Waals surface area (Å²) < 4.78 is 28.1. The lowest BCUT2D eigenvalue weighted by atomic mass is 10.0. The van der Waals surface area contributed by atoms with Gasteiger partial charge in [0.25, 0.3) is 0 Å². The normalized spacial score (nSPS) is 11.5. The van der Waals surface area contributed by atoms with Crippen LogP contribution in [-0.2, 0) is 16.6 Å². The van der Waals surface area contributed by atoms with E-state index in [4.69, 9.17) is 5.26 Å². The molecule has 132 valence electrons. The van der Waals surface area contributed by atoms with E-state index >= 15 is 0 Å². The minimum absolute atomic E-state index is 0.134. The number of hydrogen-bond donors (Lipinski definition) is 0. The summed E-state index contributed by atoms with van der Waals surface area (Å²) in [5, 5.41) is 8.93. The average molecular weight is 357 g/mol. The van der Waals surface area contributed by atoms with Crippen LogP contribution in [-0.4, -0.2) is 24.3 Å². The van der Waals surface area contributed by atoms with Crippen LogP contribution < -0.4 is 0 Å². The molecule has 0 aliphatic rings. The highest BCUT2D eigenvalue weighted by Crippen LogP contribution is 2.29. The van der Waals surface area contributed by atoms with Gasteiger partial charge in [0.05, 0.1) is 23.2 Å². The van der Waals surface area contributed by atoms with E-state index in [0.717, 1.165) is 22.3 Å². The first-order chi connectivity index (χ1) is 11.8. The number of hydrogen-bond acceptors (Lipinski definition) is 4. The van der Waals surface area contributed by atoms with Gasteiger partial charge in [0.15, 0.2) is 0 Å². The van der Waals surface area contributed by atoms with Gasteiger partial charge in [-0.2, -0.15) is 9.57 Å². The molecule has 0 aliphatic carbocycles. The van der Waals surface area contributed by atoms with E-state index in [1.54, 1.807) is 18.3 Å². The number of sulfonamides is 1. The van der Waals surface area contributed by atoms with Gasteiger partial charge in [-0.05, 0) is 62.1 Å². The van der Waals surface area contributed by atoms with Gasteiger partial charge >= 0.3 is 0 Å². The van der Waals surface area contributed by atoms with Crippen molar-refractivity contribution >= 4 is 10.0 Å². The van der Waals surface area contributed by atoms with Crippen molar-refractivity contribution in [2.45, 2.75) is 45.6 Å². The Morgan fingerprint density at radius 2 is 1.76 bits per heavy atom. The molecule has 0 atom stereocenters. The lowest BCUT2D eigenvalue weighted by Gasteiger charge is -2.24. The Hall–Kier alpha value is -2.23. The third-order valence-corrected chi connectivity index (χ3v) is 6.55. The maximum Gasteiger partial charge on any atom is 0.244 e. The zero-order valence-electron chi connectivity index (χ0n) is 15.1. The molecule has 0 spiro atoms. The van der Waals surface area contributed by atoms with Crippen molar-refractivity contribution in [1.82, 2.24) is 9.29 Å². The Balaban J connectivity index is 2.54. The first kappa shape index (κ1) is 19.1. The van der Waals surface area contributed by atoms with Gasteiger partial charge in [-0.15, -0.1) is 0 Å². The van der Waals surface area contributed by atoms with E-state index in [0.29, 0.717) is 10.6 Å². The van der Waals surface area contributed by atoms with Crippen LogP contribution in [0.4, 0.5) is 0 Å². The van der Waals surface area contributed by atoms with E-state index < -0.39 is 10.0 Å². The summed E-state index contributed by atoms with van der Waals surface area (Å²) in [4.78, 5) is 4.57. The van der Waals surface area contributed by atoms with Gasteiger partial charge in [0.2, 0.25) is 10.0 Å². The molecule has 1 aromatic carbocycles. The van der Waals surface area contributed by atoms with Crippen LogP contribution in [0.2, 0.25) is 0 Å². The fraction of sp³-hybridized carbons (Fsp3) is 0.368. The van der Waals surface area contributed by atoms with Gasteiger partial charge in [-0.1, -0.05) is 12.1 Å². The summed E-state index contributed by atoms with van der Waals surface area (Å²) in [6, 6.07) is 9.43. The lowest BCUT2D eigenvalue weighted by molar-refractivity contribution is 0.408. The predicted molar refractivity (Wildman–Crippen MR) is 97.5 cm³/mol. The lowest BCUT2D eigenvalue weighted by Crippen LogP contribution is -2.33. The molecule has 0 N–H and O–H groups in total. The zero-order valence-corrected chi connectivity index (χ0v) is 15.9. The molecule has 0 aliphatic heterocycles. The molecule has 0 unspecified atom stereocenters. The maximum atomic E-state index is 13.4. The molecule has 2 aromatic rings. The van der Waals surface area contributed by atoms with Crippen LogP contribution in [0.1, 0.15) is 34.4 Å². The molecule has 0 amide bonds. The van der Waals surface area contributed by atoms with E-state index in [2.05, 4.69) is 4.98 Å². The Bertz CT molecular complexity index is 874. The van der Waals surface area contributed by atoms with E-state index in [-0.39, 0.29) is 19.5 Å². The van der Waals surface area contributed by atoms with Crippen LogP contribution in [0.15, 0.2) is 35.4 Å². The number of nitriles is 1. The Labute approximate surface area is 150 Å². The third-order valence-electron chi connectivity index (χ3n) is 4.43. The molecule has 0 saturated heterocycles. The second kappa shape index (κ2) is 7.77. The Morgan fingerprint density at radius 1 is 1.12 bits per heavy atom. The highest BCUT2D eigenvalue weighted by atomic mass is 32.2. The molecule has 0 saturated carbocycles. The monoisotopic (exact) mass is 357 g/mol. The van der Waals surface area contributed by atoms with Gasteiger partial charge < -0.3 is 0 Å². The molecule has 2 rings (SSSR count). The second-order valence-corrected chi connectivity index (χ2v) is 8.03. The molecule has 1 aromatic heterocycles. The number of aromatic nitrogens is 1. The summed E-state index contributed by atoms with van der Waals surface area (Å²) in [7, 11) is -3.74. The van der Waals surface area contributed by atoms with Crippen LogP contribution in [0.5, 0.6) is 0 Å². The molecule has 0 fully saturated rings. The fourth-order valence-corrected chi connectivity index (χ4v) is 4.82. The minimum atomic E-state index is -3.74. The SMILES string of the molecule is Cc1cc(C)c(C)c(S(=O)(=O)N(CCC#N)Cc2ccccn2)c1C. The van der Waals surface area contributed by atoms with Gasteiger partial charge in [-0.3, -0.25) is 4.98 Å². The van der Waals surface area contributed by atoms with Crippen molar-refractivity contribution in [2.24, 2.45) is 0 Å². The maximum absolute atomic E-state index is 13.4. The van der Waals surface area contributed by atoms with E-state index in [1.165, 1.54) is 4.31 Å². The van der Waals surface area contributed by atoms with Crippen molar-refractivity contribution in [3.05, 3.63) is 58.4 Å². The van der Waals surface area contributed by atoms with Crippen LogP contribution in [0.25, 0.3) is 0 Å². The Kier molecular flexibility index (Phi) is 5.93. The second-order valence-electron chi connectivity index (χ2n) is 6.16. The van der Waals surface area contributed by atoms with Crippen LogP contribution in [0.3, 0.4) is 0 Å². The molecule has 6 heteroatoms. The molecule has 25 heavy (non-hydrogen) atoms. The summed E-state index contributed by atoms with van der Waals surface area (Å²) >= 11 is 0. The number of benzene rings is 1. The largest absolute Gasteiger partial charge is 0.260 e. The number of pyridine rings is 1. The quantitative estimate of drug-likeness (QED) is 0.794. The number of aryl methyl sites for hydroxylation is 2. The third kappa shape index (κ3) is 4.06. The van der Waals surface area contributed by atoms with Crippen LogP contribution in [0, 0.1) is 39.0 Å². The van der Waals surface area contributed by atoms with Crippen molar-refractivity contribution in [1.29, 1.82) is 5.26 Å². The smallest absolute Gasteiger partial charge is 0.244 e. The highest BCUT2D eigenvalue weighted by Gasteiger charge is 2.29. The first-order valence-corrected chi connectivity index (χ1v) is 9.57. The summed E-state index contributed by atoms with van der Waals surface area (Å²) in [5.41, 5.74) is 4.06. The van der Waals surface area contributed by atoms with Crippen molar-refractivity contribution in [3.63, 3.8) is 0 Å². The molecular formula is C19H23N3O2S. The van der Waals surface area contributed by atoms with E-state index in [1.807, 2.05) is 45.9 Å². The van der Waals surface area contributed by atoms with Gasteiger partial charge in [-0.25, -0.2) is 8.42 Å². The van der Waals surface area contributed by atoms with Gasteiger partial charge in [0, 0.05) is 19.2 Å². The summed E-state index contributed by atoms with van der Waals surface area (Å²) in [6.07, 6.45) is 1.77. The predicted octanol–water partition coefficient (Wildman–Crippen LogP) is 3.42. The first-order valence-electron chi connectivity index (χ1n) is 8.13. The molecule has 5 nitrogen and oxygen atoms in total. The molecule has 1 heterocycles. The van der Waals surface area contributed by atoms with Crippen molar-refractivity contribution in [3.8, 4) is 6.07 Å². The number of nitrogens with zero attached hydrogens (tertiary/aromatic N) is 3.